The van der Waals surface area contributed by atoms with Crippen molar-refractivity contribution in [3.63, 3.8) is 0 Å². The zero-order valence-corrected chi connectivity index (χ0v) is 11.6. The summed E-state index contributed by atoms with van der Waals surface area (Å²) in [6.45, 7) is 4.87. The summed E-state index contributed by atoms with van der Waals surface area (Å²) in [5.41, 5.74) is 2.74. The van der Waals surface area contributed by atoms with Crippen LogP contribution in [0.15, 0.2) is 30.5 Å². The Morgan fingerprint density at radius 3 is 2.58 bits per heavy atom. The van der Waals surface area contributed by atoms with Crippen LogP contribution in [-0.2, 0) is 6.54 Å². The van der Waals surface area contributed by atoms with Gasteiger partial charge in [-0.1, -0.05) is 36.8 Å². The molecule has 1 atom stereocenters. The molecule has 2 rings (SSSR count). The maximum atomic E-state index is 10.6. The van der Waals surface area contributed by atoms with Crippen molar-refractivity contribution < 1.29 is 9.84 Å². The zero-order chi connectivity index (χ0) is 13.8. The number of ether oxygens (including phenoxy) is 1. The van der Waals surface area contributed by atoms with Crippen LogP contribution in [0.1, 0.15) is 36.3 Å². The first-order valence-corrected chi connectivity index (χ1v) is 6.51. The number of aromatic nitrogens is 2. The average Bonchev–Trinajstić information content (AvgIpc) is 2.82. The lowest BCUT2D eigenvalue weighted by atomic mass is 10.0. The van der Waals surface area contributed by atoms with E-state index in [4.69, 9.17) is 4.74 Å². The molecule has 0 saturated heterocycles. The van der Waals surface area contributed by atoms with Crippen molar-refractivity contribution in [3.8, 4) is 5.75 Å². The van der Waals surface area contributed by atoms with Gasteiger partial charge in [-0.05, 0) is 18.9 Å². The van der Waals surface area contributed by atoms with E-state index >= 15 is 0 Å². The van der Waals surface area contributed by atoms with Crippen LogP contribution < -0.4 is 4.74 Å². The molecule has 0 saturated carbocycles. The van der Waals surface area contributed by atoms with Crippen LogP contribution in [0.3, 0.4) is 0 Å². The van der Waals surface area contributed by atoms with Crippen molar-refractivity contribution in [1.82, 2.24) is 9.78 Å². The van der Waals surface area contributed by atoms with Crippen LogP contribution in [0.2, 0.25) is 0 Å². The SMILES string of the molecule is CCCn1ncc(OC)c1C(O)c1ccc(C)cc1. The van der Waals surface area contributed by atoms with Gasteiger partial charge in [0.05, 0.1) is 13.3 Å². The van der Waals surface area contributed by atoms with E-state index in [1.807, 2.05) is 35.9 Å². The second-order valence-electron chi connectivity index (χ2n) is 4.63. The third kappa shape index (κ3) is 2.79. The van der Waals surface area contributed by atoms with Crippen LogP contribution in [0, 0.1) is 6.92 Å². The van der Waals surface area contributed by atoms with Gasteiger partial charge in [0.15, 0.2) is 5.75 Å². The Hall–Kier alpha value is -1.81. The van der Waals surface area contributed by atoms with Gasteiger partial charge in [-0.25, -0.2) is 0 Å². The maximum Gasteiger partial charge on any atom is 0.163 e. The predicted molar refractivity (Wildman–Crippen MR) is 74.3 cm³/mol. The minimum absolute atomic E-state index is 0.626. The smallest absolute Gasteiger partial charge is 0.163 e. The van der Waals surface area contributed by atoms with E-state index in [2.05, 4.69) is 12.0 Å². The number of rotatable bonds is 5. The fourth-order valence-electron chi connectivity index (χ4n) is 2.11. The molecule has 1 heterocycles. The Bertz CT molecular complexity index is 532. The van der Waals surface area contributed by atoms with Crippen molar-refractivity contribution in [2.24, 2.45) is 0 Å². The summed E-state index contributed by atoms with van der Waals surface area (Å²) in [5, 5.41) is 14.8. The van der Waals surface area contributed by atoms with Crippen molar-refractivity contribution in [3.05, 3.63) is 47.3 Å². The number of benzene rings is 1. The van der Waals surface area contributed by atoms with E-state index < -0.39 is 6.10 Å². The van der Waals surface area contributed by atoms with Gasteiger partial charge in [0.2, 0.25) is 0 Å². The Kier molecular flexibility index (Phi) is 4.22. The standard InChI is InChI=1S/C15H20N2O2/c1-4-9-17-14(13(19-3)10-16-17)15(18)12-7-5-11(2)6-8-12/h5-8,10,15,18H,4,9H2,1-3H3. The van der Waals surface area contributed by atoms with Gasteiger partial charge in [0, 0.05) is 6.54 Å². The summed E-state index contributed by atoms with van der Waals surface area (Å²) in [4.78, 5) is 0. The zero-order valence-electron chi connectivity index (χ0n) is 11.6. The lowest BCUT2D eigenvalue weighted by Gasteiger charge is -2.15. The number of nitrogens with zero attached hydrogens (tertiary/aromatic N) is 2. The minimum Gasteiger partial charge on any atom is -0.493 e. The molecule has 0 fully saturated rings. The third-order valence-corrected chi connectivity index (χ3v) is 3.15. The fraction of sp³-hybridized carbons (Fsp3) is 0.400. The highest BCUT2D eigenvalue weighted by Gasteiger charge is 2.21. The van der Waals surface area contributed by atoms with Gasteiger partial charge in [-0.3, -0.25) is 4.68 Å². The lowest BCUT2D eigenvalue weighted by Crippen LogP contribution is -2.11. The summed E-state index contributed by atoms with van der Waals surface area (Å²) in [5.74, 6) is 0.626. The second-order valence-corrected chi connectivity index (χ2v) is 4.63. The molecule has 1 N–H and O–H groups in total. The van der Waals surface area contributed by atoms with E-state index in [-0.39, 0.29) is 0 Å². The Labute approximate surface area is 113 Å². The van der Waals surface area contributed by atoms with Crippen molar-refractivity contribution in [2.75, 3.05) is 7.11 Å². The molecule has 0 amide bonds. The van der Waals surface area contributed by atoms with E-state index in [1.54, 1.807) is 13.3 Å². The fourth-order valence-corrected chi connectivity index (χ4v) is 2.11. The van der Waals surface area contributed by atoms with Crippen LogP contribution in [0.25, 0.3) is 0 Å². The van der Waals surface area contributed by atoms with Gasteiger partial charge in [-0.2, -0.15) is 5.10 Å². The van der Waals surface area contributed by atoms with Gasteiger partial charge >= 0.3 is 0 Å². The van der Waals surface area contributed by atoms with Gasteiger partial charge in [0.1, 0.15) is 11.8 Å². The number of aliphatic hydroxyl groups excluding tert-OH is 1. The maximum absolute atomic E-state index is 10.6. The molecule has 0 bridgehead atoms. The Morgan fingerprint density at radius 2 is 2.00 bits per heavy atom. The molecule has 1 aromatic carbocycles. The molecule has 0 aliphatic rings. The molecule has 2 aromatic rings. The molecule has 102 valence electrons. The summed E-state index contributed by atoms with van der Waals surface area (Å²) >= 11 is 0. The molecule has 0 spiro atoms. The topological polar surface area (TPSA) is 47.3 Å². The first-order valence-electron chi connectivity index (χ1n) is 6.51. The third-order valence-electron chi connectivity index (χ3n) is 3.15. The van der Waals surface area contributed by atoms with Crippen molar-refractivity contribution in [1.29, 1.82) is 0 Å². The van der Waals surface area contributed by atoms with Crippen LogP contribution in [-0.4, -0.2) is 22.0 Å². The van der Waals surface area contributed by atoms with Crippen molar-refractivity contribution >= 4 is 0 Å². The molecule has 0 aliphatic carbocycles. The molecular formula is C15H20N2O2. The normalized spacial score (nSPS) is 12.4. The molecule has 4 heteroatoms. The molecule has 19 heavy (non-hydrogen) atoms. The molecule has 4 nitrogen and oxygen atoms in total. The number of aliphatic hydroxyl groups is 1. The highest BCUT2D eigenvalue weighted by Crippen LogP contribution is 2.30. The predicted octanol–water partition coefficient (Wildman–Crippen LogP) is 2.69. The van der Waals surface area contributed by atoms with E-state index in [9.17, 15) is 5.11 Å². The summed E-state index contributed by atoms with van der Waals surface area (Å²) in [6.07, 6.45) is 1.89. The average molecular weight is 260 g/mol. The molecule has 0 radical (unpaired) electrons. The Morgan fingerprint density at radius 1 is 1.32 bits per heavy atom. The van der Waals surface area contributed by atoms with Gasteiger partial charge in [-0.15, -0.1) is 0 Å². The van der Waals surface area contributed by atoms with E-state index in [0.717, 1.165) is 18.5 Å². The summed E-state index contributed by atoms with van der Waals surface area (Å²) in [7, 11) is 1.60. The number of aryl methyl sites for hydroxylation is 2. The number of methoxy groups -OCH3 is 1. The van der Waals surface area contributed by atoms with Crippen LogP contribution >= 0.6 is 0 Å². The number of hydrogen-bond donors (Lipinski definition) is 1. The van der Waals surface area contributed by atoms with E-state index in [1.165, 1.54) is 5.56 Å². The van der Waals surface area contributed by atoms with Crippen LogP contribution in [0.4, 0.5) is 0 Å². The largest absolute Gasteiger partial charge is 0.493 e. The molecule has 0 aliphatic heterocycles. The lowest BCUT2D eigenvalue weighted by molar-refractivity contribution is 0.202. The van der Waals surface area contributed by atoms with Crippen LogP contribution in [0.5, 0.6) is 5.75 Å². The Balaban J connectivity index is 2.38. The molecular weight excluding hydrogens is 240 g/mol. The number of hydrogen-bond acceptors (Lipinski definition) is 3. The quantitative estimate of drug-likeness (QED) is 0.899. The minimum atomic E-state index is -0.718. The van der Waals surface area contributed by atoms with Gasteiger partial charge < -0.3 is 9.84 Å². The van der Waals surface area contributed by atoms with Crippen molar-refractivity contribution in [2.45, 2.75) is 32.9 Å². The monoisotopic (exact) mass is 260 g/mol. The van der Waals surface area contributed by atoms with Gasteiger partial charge in [0.25, 0.3) is 0 Å². The van der Waals surface area contributed by atoms with E-state index in [0.29, 0.717) is 11.4 Å². The first kappa shape index (κ1) is 13.6. The summed E-state index contributed by atoms with van der Waals surface area (Å²) < 4.78 is 7.10. The molecule has 1 aromatic heterocycles. The highest BCUT2D eigenvalue weighted by molar-refractivity contribution is 5.35. The summed E-state index contributed by atoms with van der Waals surface area (Å²) in [6, 6.07) is 7.85. The molecule has 1 unspecified atom stereocenters. The second kappa shape index (κ2) is 5.89. The highest BCUT2D eigenvalue weighted by atomic mass is 16.5. The first-order chi connectivity index (χ1) is 9.17.